The highest BCUT2D eigenvalue weighted by Gasteiger charge is 2.14. The number of anilines is 1. The average Bonchev–Trinajstić information content (AvgIpc) is 3.29. The van der Waals surface area contributed by atoms with Crippen LogP contribution in [0.1, 0.15) is 5.56 Å². The Morgan fingerprint density at radius 3 is 3.12 bits per heavy atom. The summed E-state index contributed by atoms with van der Waals surface area (Å²) < 4.78 is 5.30. The molecule has 0 aliphatic heterocycles. The SMILES string of the molecule is COc1ccc(Cl)cc1-c1nc(SCC(=O)Nc2sccc2C#N)n[nH]1. The number of thioether (sulfide) groups is 1. The van der Waals surface area contributed by atoms with E-state index in [0.29, 0.717) is 37.9 Å². The zero-order chi connectivity index (χ0) is 18.5. The van der Waals surface area contributed by atoms with Crippen LogP contribution in [0.4, 0.5) is 5.00 Å². The van der Waals surface area contributed by atoms with Crippen molar-refractivity contribution in [3.8, 4) is 23.2 Å². The number of methoxy groups -OCH3 is 1. The zero-order valence-corrected chi connectivity index (χ0v) is 15.8. The van der Waals surface area contributed by atoms with Gasteiger partial charge in [0.25, 0.3) is 0 Å². The number of thiophene rings is 1. The predicted molar refractivity (Wildman–Crippen MR) is 102 cm³/mol. The Morgan fingerprint density at radius 1 is 1.50 bits per heavy atom. The maximum Gasteiger partial charge on any atom is 0.235 e. The number of H-pyrrole nitrogens is 1. The Balaban J connectivity index is 1.65. The molecule has 10 heteroatoms. The van der Waals surface area contributed by atoms with Gasteiger partial charge in [-0.15, -0.1) is 16.4 Å². The molecule has 1 amide bonds. The van der Waals surface area contributed by atoms with E-state index in [1.54, 1.807) is 36.8 Å². The lowest BCUT2D eigenvalue weighted by molar-refractivity contribution is -0.113. The Morgan fingerprint density at radius 2 is 2.35 bits per heavy atom. The second kappa shape index (κ2) is 8.23. The number of amides is 1. The maximum absolute atomic E-state index is 12.0. The molecule has 2 heterocycles. The molecular formula is C16H12ClN5O2S2. The summed E-state index contributed by atoms with van der Waals surface area (Å²) in [5, 5.41) is 21.8. The summed E-state index contributed by atoms with van der Waals surface area (Å²) in [6.07, 6.45) is 0. The van der Waals surface area contributed by atoms with Crippen molar-refractivity contribution in [2.45, 2.75) is 5.16 Å². The van der Waals surface area contributed by atoms with Crippen molar-refractivity contribution >= 4 is 45.6 Å². The van der Waals surface area contributed by atoms with E-state index in [2.05, 4.69) is 20.5 Å². The smallest absolute Gasteiger partial charge is 0.235 e. The quantitative estimate of drug-likeness (QED) is 0.604. The second-order valence-electron chi connectivity index (χ2n) is 4.92. The van der Waals surface area contributed by atoms with Gasteiger partial charge in [0, 0.05) is 5.02 Å². The van der Waals surface area contributed by atoms with E-state index in [0.717, 1.165) is 0 Å². The minimum absolute atomic E-state index is 0.118. The third-order valence-corrected chi connectivity index (χ3v) is 5.16. The van der Waals surface area contributed by atoms with Gasteiger partial charge in [-0.05, 0) is 29.6 Å². The number of carbonyl (C=O) groups excluding carboxylic acids is 1. The molecule has 0 aliphatic carbocycles. The molecule has 0 radical (unpaired) electrons. The predicted octanol–water partition coefficient (Wildman–Crippen LogP) is 3.80. The minimum Gasteiger partial charge on any atom is -0.496 e. The van der Waals surface area contributed by atoms with E-state index in [1.165, 1.54) is 23.1 Å². The van der Waals surface area contributed by atoms with Crippen molar-refractivity contribution in [2.24, 2.45) is 0 Å². The van der Waals surface area contributed by atoms with Crippen LogP contribution in [-0.4, -0.2) is 34.0 Å². The monoisotopic (exact) mass is 405 g/mol. The molecule has 2 aromatic heterocycles. The summed E-state index contributed by atoms with van der Waals surface area (Å²) in [6, 6.07) is 8.88. The summed E-state index contributed by atoms with van der Waals surface area (Å²) >= 11 is 8.51. The van der Waals surface area contributed by atoms with Crippen LogP contribution in [0, 0.1) is 11.3 Å². The van der Waals surface area contributed by atoms with Gasteiger partial charge in [0.15, 0.2) is 5.82 Å². The molecule has 132 valence electrons. The van der Waals surface area contributed by atoms with E-state index in [4.69, 9.17) is 21.6 Å². The molecule has 1 aromatic carbocycles. The van der Waals surface area contributed by atoms with Crippen molar-refractivity contribution < 1.29 is 9.53 Å². The van der Waals surface area contributed by atoms with Crippen LogP contribution in [0.15, 0.2) is 34.8 Å². The van der Waals surface area contributed by atoms with Gasteiger partial charge in [-0.25, -0.2) is 4.98 Å². The molecule has 0 spiro atoms. The Labute approximate surface area is 162 Å². The fourth-order valence-electron chi connectivity index (χ4n) is 2.08. The summed E-state index contributed by atoms with van der Waals surface area (Å²) in [5.41, 5.74) is 1.13. The molecular weight excluding hydrogens is 394 g/mol. The Hall–Kier alpha value is -2.54. The van der Waals surface area contributed by atoms with Crippen LogP contribution in [-0.2, 0) is 4.79 Å². The van der Waals surface area contributed by atoms with Gasteiger partial charge in [0.1, 0.15) is 16.8 Å². The topological polar surface area (TPSA) is 104 Å². The molecule has 2 N–H and O–H groups in total. The van der Waals surface area contributed by atoms with Crippen molar-refractivity contribution in [3.63, 3.8) is 0 Å². The lowest BCUT2D eigenvalue weighted by Gasteiger charge is -2.05. The minimum atomic E-state index is -0.236. The summed E-state index contributed by atoms with van der Waals surface area (Å²) in [5.74, 6) is 0.992. The van der Waals surface area contributed by atoms with Gasteiger partial charge in [-0.1, -0.05) is 23.4 Å². The molecule has 0 saturated heterocycles. The third-order valence-electron chi connectivity index (χ3n) is 3.25. The molecule has 0 saturated carbocycles. The number of benzene rings is 1. The van der Waals surface area contributed by atoms with E-state index in [9.17, 15) is 4.79 Å². The van der Waals surface area contributed by atoms with Crippen LogP contribution in [0.25, 0.3) is 11.4 Å². The highest BCUT2D eigenvalue weighted by atomic mass is 35.5. The van der Waals surface area contributed by atoms with Crippen molar-refractivity contribution in [1.29, 1.82) is 5.26 Å². The number of ether oxygens (including phenoxy) is 1. The van der Waals surface area contributed by atoms with Crippen molar-refractivity contribution in [3.05, 3.63) is 40.2 Å². The lowest BCUT2D eigenvalue weighted by Crippen LogP contribution is -2.13. The molecule has 0 unspecified atom stereocenters. The number of halogens is 1. The van der Waals surface area contributed by atoms with Crippen molar-refractivity contribution in [2.75, 3.05) is 18.2 Å². The van der Waals surface area contributed by atoms with E-state index in [1.807, 2.05) is 6.07 Å². The number of rotatable bonds is 6. The first kappa shape index (κ1) is 18.3. The number of nitriles is 1. The van der Waals surface area contributed by atoms with Gasteiger partial charge in [0.05, 0.1) is 24.0 Å². The largest absolute Gasteiger partial charge is 0.496 e. The zero-order valence-electron chi connectivity index (χ0n) is 13.4. The van der Waals surface area contributed by atoms with Crippen LogP contribution in [0.5, 0.6) is 5.75 Å². The van der Waals surface area contributed by atoms with Gasteiger partial charge in [-0.2, -0.15) is 5.26 Å². The molecule has 0 fully saturated rings. The highest BCUT2D eigenvalue weighted by Crippen LogP contribution is 2.31. The second-order valence-corrected chi connectivity index (χ2v) is 7.22. The summed E-state index contributed by atoms with van der Waals surface area (Å²) in [7, 11) is 1.56. The van der Waals surface area contributed by atoms with Gasteiger partial charge < -0.3 is 10.1 Å². The first-order valence-electron chi connectivity index (χ1n) is 7.27. The molecule has 7 nitrogen and oxygen atoms in total. The van der Waals surface area contributed by atoms with Crippen LogP contribution >= 0.6 is 34.7 Å². The average molecular weight is 406 g/mol. The van der Waals surface area contributed by atoms with Gasteiger partial charge in [0.2, 0.25) is 11.1 Å². The van der Waals surface area contributed by atoms with Crippen molar-refractivity contribution in [1.82, 2.24) is 15.2 Å². The maximum atomic E-state index is 12.0. The number of hydrogen-bond donors (Lipinski definition) is 2. The fraction of sp³-hybridized carbons (Fsp3) is 0.125. The Bertz CT molecular complexity index is 979. The van der Waals surface area contributed by atoms with Crippen LogP contribution in [0.2, 0.25) is 5.02 Å². The third kappa shape index (κ3) is 4.16. The summed E-state index contributed by atoms with van der Waals surface area (Å²) in [4.78, 5) is 16.4. The lowest BCUT2D eigenvalue weighted by atomic mass is 10.2. The number of aromatic nitrogens is 3. The van der Waals surface area contributed by atoms with E-state index < -0.39 is 0 Å². The Kier molecular flexibility index (Phi) is 5.78. The molecule has 0 aliphatic rings. The van der Waals surface area contributed by atoms with Crippen LogP contribution in [0.3, 0.4) is 0 Å². The summed E-state index contributed by atoms with van der Waals surface area (Å²) in [6.45, 7) is 0. The standard InChI is InChI=1S/C16H12ClN5O2S2/c1-24-12-3-2-10(17)6-11(12)14-20-16(22-21-14)26-8-13(23)19-15-9(7-18)4-5-25-15/h2-6H,8H2,1H3,(H,19,23)(H,20,21,22). The normalized spacial score (nSPS) is 10.3. The number of nitrogens with zero attached hydrogens (tertiary/aromatic N) is 3. The fourth-order valence-corrected chi connectivity index (χ4v) is 3.61. The number of carbonyl (C=O) groups is 1. The van der Waals surface area contributed by atoms with E-state index in [-0.39, 0.29) is 11.7 Å². The highest BCUT2D eigenvalue weighted by molar-refractivity contribution is 7.99. The van der Waals surface area contributed by atoms with Crippen LogP contribution < -0.4 is 10.1 Å². The molecule has 0 bridgehead atoms. The van der Waals surface area contributed by atoms with Gasteiger partial charge >= 0.3 is 0 Å². The number of aromatic amines is 1. The first-order valence-corrected chi connectivity index (χ1v) is 9.51. The van der Waals surface area contributed by atoms with E-state index >= 15 is 0 Å². The number of hydrogen-bond acceptors (Lipinski definition) is 7. The molecule has 3 rings (SSSR count). The molecule has 3 aromatic rings. The number of nitrogens with one attached hydrogen (secondary N) is 2. The molecule has 0 atom stereocenters. The molecule has 26 heavy (non-hydrogen) atoms. The van der Waals surface area contributed by atoms with Gasteiger partial charge in [-0.3, -0.25) is 9.89 Å². The first-order chi connectivity index (χ1) is 12.6.